The van der Waals surface area contributed by atoms with Gasteiger partial charge in [0.25, 0.3) is 0 Å². The van der Waals surface area contributed by atoms with E-state index in [0.29, 0.717) is 30.5 Å². The lowest BCUT2D eigenvalue weighted by molar-refractivity contribution is -0.134. The minimum absolute atomic E-state index is 0.230. The molecule has 256 valence electrons. The first kappa shape index (κ1) is 31.9. The first-order valence-corrected chi connectivity index (χ1v) is 17.5. The maximum atomic E-state index is 15.0. The summed E-state index contributed by atoms with van der Waals surface area (Å²) >= 11 is 0. The number of imide groups is 1. The van der Waals surface area contributed by atoms with E-state index in [2.05, 4.69) is 59.6 Å². The van der Waals surface area contributed by atoms with Gasteiger partial charge >= 0.3 is 0 Å². The van der Waals surface area contributed by atoms with Gasteiger partial charge in [-0.05, 0) is 67.3 Å². The predicted molar refractivity (Wildman–Crippen MR) is 191 cm³/mol. The van der Waals surface area contributed by atoms with Crippen LogP contribution in [0.4, 0.5) is 33.3 Å². The van der Waals surface area contributed by atoms with Crippen molar-refractivity contribution in [1.29, 1.82) is 0 Å². The highest BCUT2D eigenvalue weighted by Gasteiger charge is 2.30. The molecule has 4 heterocycles. The summed E-state index contributed by atoms with van der Waals surface area (Å²) in [5.74, 6) is -0.400. The van der Waals surface area contributed by atoms with Crippen LogP contribution in [-0.4, -0.2) is 62.4 Å². The Hall–Kier alpha value is -5.36. The Kier molecular flexibility index (Phi) is 8.84. The van der Waals surface area contributed by atoms with Crippen molar-refractivity contribution in [2.24, 2.45) is 0 Å². The number of hydrogen-bond donors (Lipinski definition) is 3. The van der Waals surface area contributed by atoms with Crippen LogP contribution in [0.25, 0.3) is 11.2 Å². The van der Waals surface area contributed by atoms with Crippen LogP contribution in [0, 0.1) is 5.82 Å². The average molecular weight is 674 g/mol. The number of anilines is 5. The molecule has 12 heteroatoms. The molecule has 0 radical (unpaired) electrons. The van der Waals surface area contributed by atoms with E-state index in [1.165, 1.54) is 18.9 Å². The fraction of sp³-hybridized carbons (Fsp3) is 0.342. The summed E-state index contributed by atoms with van der Waals surface area (Å²) in [7, 11) is 0. The number of nitrogens with one attached hydrogen (secondary N) is 3. The van der Waals surface area contributed by atoms with Gasteiger partial charge in [0.1, 0.15) is 11.3 Å². The second-order valence-electron chi connectivity index (χ2n) is 13.4. The molecule has 1 unspecified atom stereocenters. The third kappa shape index (κ3) is 6.75. The molecule has 3 N–H and O–H groups in total. The number of rotatable bonds is 9. The molecule has 11 nitrogen and oxygen atoms in total. The summed E-state index contributed by atoms with van der Waals surface area (Å²) in [5.41, 5.74) is 5.86. The Morgan fingerprint density at radius 2 is 1.60 bits per heavy atom. The van der Waals surface area contributed by atoms with E-state index in [1.54, 1.807) is 12.3 Å². The van der Waals surface area contributed by atoms with Crippen LogP contribution >= 0.6 is 0 Å². The van der Waals surface area contributed by atoms with Crippen LogP contribution in [-0.2, 0) is 16.1 Å². The van der Waals surface area contributed by atoms with Crippen LogP contribution < -0.4 is 20.9 Å². The lowest BCUT2D eigenvalue weighted by atomic mass is 9.89. The molecule has 3 fully saturated rings. The van der Waals surface area contributed by atoms with Gasteiger partial charge in [0.15, 0.2) is 5.65 Å². The van der Waals surface area contributed by atoms with Gasteiger partial charge in [0.2, 0.25) is 23.7 Å². The molecule has 1 saturated carbocycles. The number of halogens is 1. The smallest absolute Gasteiger partial charge is 0.234 e. The van der Waals surface area contributed by atoms with Crippen molar-refractivity contribution in [1.82, 2.24) is 29.7 Å². The number of para-hydroxylation sites is 1. The van der Waals surface area contributed by atoms with Crippen molar-refractivity contribution in [3.8, 4) is 0 Å². The number of carbonyl (C=O) groups is 2. The molecule has 2 amide bonds. The van der Waals surface area contributed by atoms with Gasteiger partial charge in [-0.2, -0.15) is 4.98 Å². The van der Waals surface area contributed by atoms with E-state index in [4.69, 9.17) is 9.97 Å². The molecule has 1 aliphatic carbocycles. The molecule has 8 rings (SSSR count). The molecular weight excluding hydrogens is 633 g/mol. The van der Waals surface area contributed by atoms with Gasteiger partial charge in [0, 0.05) is 67.8 Å². The number of amides is 2. The van der Waals surface area contributed by atoms with Gasteiger partial charge in [-0.3, -0.25) is 24.4 Å². The van der Waals surface area contributed by atoms with Crippen molar-refractivity contribution in [2.45, 2.75) is 57.0 Å². The van der Waals surface area contributed by atoms with Gasteiger partial charge in [0.05, 0.1) is 12.1 Å². The largest absolute Gasteiger partial charge is 0.369 e. The Labute approximate surface area is 289 Å². The van der Waals surface area contributed by atoms with Crippen molar-refractivity contribution in [3.05, 3.63) is 95.9 Å². The van der Waals surface area contributed by atoms with Gasteiger partial charge in [-0.25, -0.2) is 14.4 Å². The monoisotopic (exact) mass is 673 g/mol. The molecule has 3 aliphatic rings. The molecule has 0 spiro atoms. The minimum atomic E-state index is -0.620. The Bertz CT molecular complexity index is 2000. The van der Waals surface area contributed by atoms with E-state index >= 15 is 4.39 Å². The summed E-state index contributed by atoms with van der Waals surface area (Å²) in [4.78, 5) is 42.8. The van der Waals surface area contributed by atoms with E-state index in [0.717, 1.165) is 78.8 Å². The second kappa shape index (κ2) is 13.9. The highest BCUT2D eigenvalue weighted by Crippen LogP contribution is 2.36. The zero-order valence-corrected chi connectivity index (χ0v) is 27.8. The topological polar surface area (TPSA) is 120 Å². The molecule has 0 bridgehead atoms. The number of imidazole rings is 1. The lowest BCUT2D eigenvalue weighted by Gasteiger charge is -2.36. The average Bonchev–Trinajstić information content (AvgIpc) is 3.78. The Morgan fingerprint density at radius 3 is 2.34 bits per heavy atom. The summed E-state index contributed by atoms with van der Waals surface area (Å²) in [6.45, 7) is 4.04. The van der Waals surface area contributed by atoms with Crippen LogP contribution in [0.1, 0.15) is 61.6 Å². The van der Waals surface area contributed by atoms with E-state index in [1.807, 2.05) is 36.4 Å². The maximum Gasteiger partial charge on any atom is 0.234 e. The number of aromatic nitrogens is 4. The first-order valence-electron chi connectivity index (χ1n) is 17.5. The molecule has 5 aromatic rings. The normalized spacial score (nSPS) is 18.8. The van der Waals surface area contributed by atoms with Crippen LogP contribution in [0.15, 0.2) is 79.0 Å². The van der Waals surface area contributed by atoms with Crippen molar-refractivity contribution >= 4 is 51.9 Å². The molecule has 3 aromatic carbocycles. The molecule has 2 saturated heterocycles. The highest BCUT2D eigenvalue weighted by atomic mass is 19.1. The Morgan fingerprint density at radius 1 is 0.840 bits per heavy atom. The van der Waals surface area contributed by atoms with E-state index in [-0.39, 0.29) is 18.1 Å². The van der Waals surface area contributed by atoms with Crippen molar-refractivity contribution in [2.75, 3.05) is 41.7 Å². The summed E-state index contributed by atoms with van der Waals surface area (Å²) in [6.07, 6.45) is 6.98. The van der Waals surface area contributed by atoms with Crippen LogP contribution in [0.2, 0.25) is 0 Å². The van der Waals surface area contributed by atoms with Gasteiger partial charge < -0.3 is 15.5 Å². The second-order valence-corrected chi connectivity index (χ2v) is 13.4. The van der Waals surface area contributed by atoms with Gasteiger partial charge in [-0.15, -0.1) is 0 Å². The van der Waals surface area contributed by atoms with Gasteiger partial charge in [-0.1, -0.05) is 43.2 Å². The fourth-order valence-electron chi connectivity index (χ4n) is 7.45. The van der Waals surface area contributed by atoms with Crippen molar-refractivity contribution < 1.29 is 14.0 Å². The summed E-state index contributed by atoms with van der Waals surface area (Å²) < 4.78 is 17.3. The predicted octanol–water partition coefficient (Wildman–Crippen LogP) is 6.41. The molecule has 2 aliphatic heterocycles. The number of carbonyl (C=O) groups excluding carboxylic acids is 2. The molecule has 2 aromatic heterocycles. The standard InChI is InChI=1S/C38H40FN9O2/c39-32-22-25(10-15-30(32)31-16-17-34(49)44-36(31)50)24-46-18-20-47(21-19-46)28-13-11-27(12-14-28)41-37-40-23-33-35(45-37)48(29-8-4-5-9-29)38(43-33)42-26-6-2-1-3-7-26/h1-3,6-7,10-15,22-23,29,31H,4-5,8-9,16-21,24H2,(H,42,43)(H,40,41,45)(H,44,49,50). The number of piperidine rings is 1. The number of fused-ring (bicyclic) bond motifs is 1. The molecular formula is C38H40FN9O2. The Balaban J connectivity index is 0.891. The minimum Gasteiger partial charge on any atom is -0.369 e. The third-order valence-electron chi connectivity index (χ3n) is 10.1. The van der Waals surface area contributed by atoms with E-state index in [9.17, 15) is 9.59 Å². The highest BCUT2D eigenvalue weighted by molar-refractivity contribution is 6.01. The fourth-order valence-corrected chi connectivity index (χ4v) is 7.45. The SMILES string of the molecule is O=C1CCC(c2ccc(CN3CCN(c4ccc(Nc5ncc6nc(Nc7ccccc7)n(C7CCCC7)c6n5)cc4)CC3)cc2F)C(=O)N1. The number of hydrogen-bond acceptors (Lipinski definition) is 9. The number of benzene rings is 3. The zero-order valence-electron chi connectivity index (χ0n) is 27.8. The van der Waals surface area contributed by atoms with Crippen molar-refractivity contribution in [3.63, 3.8) is 0 Å². The first-order chi connectivity index (χ1) is 24.5. The molecule has 50 heavy (non-hydrogen) atoms. The lowest BCUT2D eigenvalue weighted by Crippen LogP contribution is -2.46. The zero-order chi connectivity index (χ0) is 34.0. The summed E-state index contributed by atoms with van der Waals surface area (Å²) in [6, 6.07) is 23.9. The molecule has 1 atom stereocenters. The number of nitrogens with zero attached hydrogens (tertiary/aromatic N) is 6. The summed E-state index contributed by atoms with van der Waals surface area (Å²) in [5, 5.41) is 9.21. The quantitative estimate of drug-likeness (QED) is 0.153. The van der Waals surface area contributed by atoms with E-state index < -0.39 is 11.8 Å². The number of piperazine rings is 1. The van der Waals surface area contributed by atoms with Crippen LogP contribution in [0.5, 0.6) is 0 Å². The van der Waals surface area contributed by atoms with Crippen LogP contribution in [0.3, 0.4) is 0 Å². The maximum absolute atomic E-state index is 15.0. The third-order valence-corrected chi connectivity index (χ3v) is 10.1.